The van der Waals surface area contributed by atoms with Crippen LogP contribution in [0.5, 0.6) is 0 Å². The van der Waals surface area contributed by atoms with E-state index in [1.165, 1.54) is 141 Å². The Labute approximate surface area is 513 Å². The second-order valence-electron chi connectivity index (χ2n) is 22.7. The second-order valence-corrected chi connectivity index (χ2v) is 22.7. The topological polar surface area (TPSA) is 78.9 Å². The van der Waals surface area contributed by atoms with Gasteiger partial charge in [-0.15, -0.1) is 0 Å². The molecule has 0 spiro atoms. The zero-order valence-electron chi connectivity index (χ0n) is 54.2. The lowest BCUT2D eigenvalue weighted by Crippen LogP contribution is -2.30. The minimum Gasteiger partial charge on any atom is -0.462 e. The van der Waals surface area contributed by atoms with Crippen molar-refractivity contribution in [3.05, 3.63) is 134 Å². The van der Waals surface area contributed by atoms with Gasteiger partial charge in [0.05, 0.1) is 0 Å². The number of hydrogen-bond acceptors (Lipinski definition) is 6. The van der Waals surface area contributed by atoms with Gasteiger partial charge in [0.2, 0.25) is 0 Å². The van der Waals surface area contributed by atoms with Crippen LogP contribution in [0, 0.1) is 0 Å². The van der Waals surface area contributed by atoms with Gasteiger partial charge in [-0.2, -0.15) is 0 Å². The standard InChI is InChI=1S/C77H128O6/c1-4-7-10-13-16-19-22-25-28-31-34-35-36-37-38-39-40-41-44-46-49-52-55-58-61-64-67-70-76(79)82-73-74(83-77(80)71-68-65-62-59-56-53-50-47-43-33-30-27-24-21-18-15-12-9-6-3)72-81-75(78)69-66-63-60-57-54-51-48-45-42-32-29-26-23-20-17-14-11-8-5-2/h7,9-10,12,16-21,25-30,34-35,37-38,43,47,74H,4-6,8,11,13-15,22-24,31-33,36,39-42,44-46,48-73H2,1-3H3/b10-7-,12-9-,19-16-,20-17-,21-18-,28-25-,29-26-,30-27-,35-34-,38-37-,47-43-. The van der Waals surface area contributed by atoms with Crippen molar-refractivity contribution in [2.75, 3.05) is 13.2 Å². The Morgan fingerprint density at radius 1 is 0.253 bits per heavy atom. The predicted octanol–water partition coefficient (Wildman–Crippen LogP) is 24.1. The van der Waals surface area contributed by atoms with Crippen LogP contribution in [-0.2, 0) is 28.6 Å². The first-order chi connectivity index (χ1) is 41.0. The summed E-state index contributed by atoms with van der Waals surface area (Å²) in [6.45, 7) is 6.40. The van der Waals surface area contributed by atoms with Gasteiger partial charge in [0.25, 0.3) is 0 Å². The molecule has 0 aromatic carbocycles. The number of allylic oxidation sites excluding steroid dienone is 22. The fourth-order valence-electron chi connectivity index (χ4n) is 9.49. The molecule has 0 radical (unpaired) electrons. The van der Waals surface area contributed by atoms with Crippen LogP contribution in [0.1, 0.15) is 316 Å². The van der Waals surface area contributed by atoms with Crippen LogP contribution < -0.4 is 0 Å². The zero-order chi connectivity index (χ0) is 59.9. The highest BCUT2D eigenvalue weighted by atomic mass is 16.6. The summed E-state index contributed by atoms with van der Waals surface area (Å²) < 4.78 is 17.0. The van der Waals surface area contributed by atoms with E-state index in [0.717, 1.165) is 135 Å². The third-order valence-corrected chi connectivity index (χ3v) is 14.6. The molecule has 0 amide bonds. The molecule has 0 saturated carbocycles. The van der Waals surface area contributed by atoms with Crippen molar-refractivity contribution in [1.29, 1.82) is 0 Å². The van der Waals surface area contributed by atoms with Crippen molar-refractivity contribution < 1.29 is 28.6 Å². The van der Waals surface area contributed by atoms with Gasteiger partial charge >= 0.3 is 17.9 Å². The molecule has 83 heavy (non-hydrogen) atoms. The van der Waals surface area contributed by atoms with Crippen LogP contribution in [0.4, 0.5) is 0 Å². The third kappa shape index (κ3) is 68.2. The summed E-state index contributed by atoms with van der Waals surface area (Å²) in [6, 6.07) is 0. The van der Waals surface area contributed by atoms with Crippen LogP contribution >= 0.6 is 0 Å². The lowest BCUT2D eigenvalue weighted by atomic mass is 10.0. The van der Waals surface area contributed by atoms with E-state index in [4.69, 9.17) is 14.2 Å². The largest absolute Gasteiger partial charge is 0.462 e. The summed E-state index contributed by atoms with van der Waals surface area (Å²) in [5.74, 6) is -0.902. The molecule has 0 N–H and O–H groups in total. The fraction of sp³-hybridized carbons (Fsp3) is 0.675. The molecule has 0 heterocycles. The molecular weight excluding hydrogens is 1020 g/mol. The van der Waals surface area contributed by atoms with Crippen molar-refractivity contribution in [3.8, 4) is 0 Å². The fourth-order valence-corrected chi connectivity index (χ4v) is 9.49. The van der Waals surface area contributed by atoms with E-state index >= 15 is 0 Å². The van der Waals surface area contributed by atoms with E-state index in [9.17, 15) is 14.4 Å². The molecular formula is C77H128O6. The Hall–Kier alpha value is -4.45. The lowest BCUT2D eigenvalue weighted by molar-refractivity contribution is -0.167. The van der Waals surface area contributed by atoms with Crippen LogP contribution in [0.3, 0.4) is 0 Å². The molecule has 0 aromatic rings. The number of unbranched alkanes of at least 4 members (excludes halogenated alkanes) is 29. The van der Waals surface area contributed by atoms with Crippen molar-refractivity contribution >= 4 is 17.9 Å². The maximum absolute atomic E-state index is 13.0. The number of rotatable bonds is 62. The molecule has 0 aliphatic carbocycles. The highest BCUT2D eigenvalue weighted by Gasteiger charge is 2.19. The molecule has 0 saturated heterocycles. The van der Waals surface area contributed by atoms with Crippen molar-refractivity contribution in [2.45, 2.75) is 322 Å². The van der Waals surface area contributed by atoms with Crippen LogP contribution in [0.15, 0.2) is 134 Å². The van der Waals surface area contributed by atoms with Crippen molar-refractivity contribution in [3.63, 3.8) is 0 Å². The van der Waals surface area contributed by atoms with Gasteiger partial charge in [-0.25, -0.2) is 0 Å². The summed E-state index contributed by atoms with van der Waals surface area (Å²) in [5, 5.41) is 0. The van der Waals surface area contributed by atoms with E-state index < -0.39 is 6.10 Å². The summed E-state index contributed by atoms with van der Waals surface area (Å²) in [4.78, 5) is 38.5. The van der Waals surface area contributed by atoms with Gasteiger partial charge in [0.15, 0.2) is 6.10 Å². The highest BCUT2D eigenvalue weighted by Crippen LogP contribution is 2.16. The molecule has 6 nitrogen and oxygen atoms in total. The Balaban J connectivity index is 4.39. The average Bonchev–Trinajstić information content (AvgIpc) is 3.50. The van der Waals surface area contributed by atoms with E-state index in [2.05, 4.69) is 154 Å². The highest BCUT2D eigenvalue weighted by molar-refractivity contribution is 5.71. The van der Waals surface area contributed by atoms with Crippen LogP contribution in [0.2, 0.25) is 0 Å². The van der Waals surface area contributed by atoms with E-state index in [1.54, 1.807) is 0 Å². The van der Waals surface area contributed by atoms with Gasteiger partial charge in [0, 0.05) is 19.3 Å². The molecule has 0 aliphatic heterocycles. The predicted molar refractivity (Wildman–Crippen MR) is 362 cm³/mol. The Morgan fingerprint density at radius 2 is 0.470 bits per heavy atom. The number of esters is 3. The lowest BCUT2D eigenvalue weighted by Gasteiger charge is -2.18. The van der Waals surface area contributed by atoms with Crippen LogP contribution in [-0.4, -0.2) is 37.2 Å². The zero-order valence-corrected chi connectivity index (χ0v) is 54.2. The molecule has 1 atom stereocenters. The molecule has 0 aromatic heterocycles. The maximum atomic E-state index is 13.0. The smallest absolute Gasteiger partial charge is 0.306 e. The monoisotopic (exact) mass is 1150 g/mol. The first kappa shape index (κ1) is 78.5. The number of hydrogen-bond donors (Lipinski definition) is 0. The summed E-state index contributed by atoms with van der Waals surface area (Å²) in [5.41, 5.74) is 0. The number of carbonyl (C=O) groups excluding carboxylic acids is 3. The molecule has 0 rings (SSSR count). The molecule has 1 unspecified atom stereocenters. The quantitative estimate of drug-likeness (QED) is 0.0261. The summed E-state index contributed by atoms with van der Waals surface area (Å²) in [6.07, 6.45) is 98.9. The normalized spacial score (nSPS) is 13.0. The van der Waals surface area contributed by atoms with Gasteiger partial charge in [-0.05, 0) is 135 Å². The second kappa shape index (κ2) is 70.0. The number of carbonyl (C=O) groups is 3. The summed E-state index contributed by atoms with van der Waals surface area (Å²) in [7, 11) is 0. The van der Waals surface area contributed by atoms with Crippen LogP contribution in [0.25, 0.3) is 0 Å². The molecule has 0 aliphatic rings. The van der Waals surface area contributed by atoms with Gasteiger partial charge in [-0.3, -0.25) is 14.4 Å². The summed E-state index contributed by atoms with van der Waals surface area (Å²) >= 11 is 0. The minimum atomic E-state index is -0.795. The molecule has 472 valence electrons. The van der Waals surface area contributed by atoms with Gasteiger partial charge in [0.1, 0.15) is 13.2 Å². The number of ether oxygens (including phenoxy) is 3. The maximum Gasteiger partial charge on any atom is 0.306 e. The SMILES string of the molecule is CC/C=C\C/C=C\C/C=C\C/C=C\C/C=C\CCCCCCCCCCCCCC(=O)OCC(COC(=O)CCCCCCCCCCC/C=C\C/C=C\CCCCC)OC(=O)CCCCCCCC/C=C\C/C=C\C/C=C\C/C=C\CC. The first-order valence-corrected chi connectivity index (χ1v) is 34.7. The Kier molecular flexibility index (Phi) is 66.3. The molecule has 0 fully saturated rings. The van der Waals surface area contributed by atoms with E-state index in [1.807, 2.05) is 0 Å². The van der Waals surface area contributed by atoms with Crippen molar-refractivity contribution in [1.82, 2.24) is 0 Å². The Bertz CT molecular complexity index is 1750. The van der Waals surface area contributed by atoms with Gasteiger partial charge in [-0.1, -0.05) is 296 Å². The molecule has 6 heteroatoms. The molecule has 0 bridgehead atoms. The van der Waals surface area contributed by atoms with E-state index in [0.29, 0.717) is 19.3 Å². The van der Waals surface area contributed by atoms with Crippen molar-refractivity contribution in [2.24, 2.45) is 0 Å². The average molecular weight is 1150 g/mol. The minimum absolute atomic E-state index is 0.0891. The van der Waals surface area contributed by atoms with Gasteiger partial charge < -0.3 is 14.2 Å². The third-order valence-electron chi connectivity index (χ3n) is 14.6. The Morgan fingerprint density at radius 3 is 0.735 bits per heavy atom. The first-order valence-electron chi connectivity index (χ1n) is 34.7. The van der Waals surface area contributed by atoms with E-state index in [-0.39, 0.29) is 31.1 Å².